The molecule has 0 atom stereocenters. The Morgan fingerprint density at radius 1 is 1.50 bits per heavy atom. The summed E-state index contributed by atoms with van der Waals surface area (Å²) < 4.78 is 1.67. The maximum Gasteiger partial charge on any atom is 0.407 e. The predicted octanol–water partition coefficient (Wildman–Crippen LogP) is 0.990. The van der Waals surface area contributed by atoms with E-state index in [1.807, 2.05) is 13.1 Å². The summed E-state index contributed by atoms with van der Waals surface area (Å²) in [7, 11) is 1.81. The van der Waals surface area contributed by atoms with Gasteiger partial charge in [0, 0.05) is 25.9 Å². The zero-order valence-electron chi connectivity index (χ0n) is 10.9. The number of carboxylic acid groups (broad SMARTS) is 1. The number of hydrogen-bond acceptors (Lipinski definition) is 5. The Labute approximate surface area is 115 Å². The molecule has 0 saturated heterocycles. The van der Waals surface area contributed by atoms with Crippen molar-refractivity contribution in [1.82, 2.24) is 24.6 Å². The SMILES string of the molecule is Cn1nccc1Nc1ncc2c(n1)CN(C(=O)O)CC2. The highest BCUT2D eigenvalue weighted by molar-refractivity contribution is 5.65. The molecule has 8 nitrogen and oxygen atoms in total. The summed E-state index contributed by atoms with van der Waals surface area (Å²) in [4.78, 5) is 21.0. The van der Waals surface area contributed by atoms with E-state index in [1.54, 1.807) is 17.1 Å². The molecule has 2 aromatic rings. The molecule has 1 aliphatic rings. The van der Waals surface area contributed by atoms with E-state index < -0.39 is 6.09 Å². The minimum atomic E-state index is -0.921. The second kappa shape index (κ2) is 4.80. The molecular formula is C12H14N6O2. The lowest BCUT2D eigenvalue weighted by molar-refractivity contribution is 0.139. The molecular weight excluding hydrogens is 260 g/mol. The average Bonchev–Trinajstić information content (AvgIpc) is 2.83. The number of aromatic nitrogens is 4. The van der Waals surface area contributed by atoms with Crippen molar-refractivity contribution >= 4 is 17.9 Å². The zero-order valence-corrected chi connectivity index (χ0v) is 10.9. The molecule has 3 heterocycles. The van der Waals surface area contributed by atoms with Gasteiger partial charge >= 0.3 is 6.09 Å². The first kappa shape index (κ1) is 12.4. The van der Waals surface area contributed by atoms with Gasteiger partial charge in [0.1, 0.15) is 5.82 Å². The van der Waals surface area contributed by atoms with Crippen LogP contribution in [0.1, 0.15) is 11.3 Å². The van der Waals surface area contributed by atoms with Crippen molar-refractivity contribution in [2.75, 3.05) is 11.9 Å². The fraction of sp³-hybridized carbons (Fsp3) is 0.333. The Balaban J connectivity index is 1.84. The first-order valence-electron chi connectivity index (χ1n) is 6.21. The molecule has 0 saturated carbocycles. The third-order valence-corrected chi connectivity index (χ3v) is 3.28. The molecule has 0 fully saturated rings. The first-order valence-corrected chi connectivity index (χ1v) is 6.21. The van der Waals surface area contributed by atoms with Gasteiger partial charge < -0.3 is 15.3 Å². The minimum absolute atomic E-state index is 0.299. The summed E-state index contributed by atoms with van der Waals surface area (Å²) in [5, 5.41) is 16.1. The maximum atomic E-state index is 11.0. The van der Waals surface area contributed by atoms with Crippen molar-refractivity contribution in [3.05, 3.63) is 29.7 Å². The number of nitrogens with one attached hydrogen (secondary N) is 1. The predicted molar refractivity (Wildman–Crippen MR) is 70.7 cm³/mol. The van der Waals surface area contributed by atoms with Crippen molar-refractivity contribution in [3.8, 4) is 0 Å². The van der Waals surface area contributed by atoms with Gasteiger partial charge in [-0.15, -0.1) is 0 Å². The van der Waals surface area contributed by atoms with Crippen molar-refractivity contribution in [3.63, 3.8) is 0 Å². The third-order valence-electron chi connectivity index (χ3n) is 3.28. The highest BCUT2D eigenvalue weighted by Crippen LogP contribution is 2.19. The second-order valence-corrected chi connectivity index (χ2v) is 4.58. The fourth-order valence-electron chi connectivity index (χ4n) is 2.14. The van der Waals surface area contributed by atoms with Gasteiger partial charge in [0.15, 0.2) is 0 Å². The Bertz CT molecular complexity index is 653. The Hall–Kier alpha value is -2.64. The van der Waals surface area contributed by atoms with Gasteiger partial charge in [0.25, 0.3) is 0 Å². The molecule has 20 heavy (non-hydrogen) atoms. The van der Waals surface area contributed by atoms with Gasteiger partial charge in [-0.25, -0.2) is 14.8 Å². The van der Waals surface area contributed by atoms with Crippen LogP contribution in [0.3, 0.4) is 0 Å². The summed E-state index contributed by atoms with van der Waals surface area (Å²) in [6.07, 6.45) is 3.15. The van der Waals surface area contributed by atoms with Crippen LogP contribution in [0.25, 0.3) is 0 Å². The number of rotatable bonds is 2. The third kappa shape index (κ3) is 2.27. The van der Waals surface area contributed by atoms with Crippen LogP contribution < -0.4 is 5.32 Å². The molecule has 0 radical (unpaired) electrons. The number of aryl methyl sites for hydroxylation is 1. The molecule has 1 aliphatic heterocycles. The molecule has 2 N–H and O–H groups in total. The van der Waals surface area contributed by atoms with E-state index in [0.29, 0.717) is 25.5 Å². The second-order valence-electron chi connectivity index (χ2n) is 4.58. The van der Waals surface area contributed by atoms with Crippen LogP contribution in [0.2, 0.25) is 0 Å². The molecule has 0 spiro atoms. The Morgan fingerprint density at radius 3 is 3.05 bits per heavy atom. The zero-order chi connectivity index (χ0) is 14.1. The molecule has 0 unspecified atom stereocenters. The lowest BCUT2D eigenvalue weighted by Gasteiger charge is -2.25. The molecule has 0 aromatic carbocycles. The van der Waals surface area contributed by atoms with Gasteiger partial charge in [-0.1, -0.05) is 0 Å². The van der Waals surface area contributed by atoms with Crippen LogP contribution in [-0.4, -0.2) is 42.4 Å². The molecule has 8 heteroatoms. The van der Waals surface area contributed by atoms with E-state index >= 15 is 0 Å². The van der Waals surface area contributed by atoms with E-state index in [1.165, 1.54) is 4.90 Å². The summed E-state index contributed by atoms with van der Waals surface area (Å²) in [5.74, 6) is 1.22. The van der Waals surface area contributed by atoms with Crippen LogP contribution >= 0.6 is 0 Å². The summed E-state index contributed by atoms with van der Waals surface area (Å²) in [6.45, 7) is 0.785. The Morgan fingerprint density at radius 2 is 2.35 bits per heavy atom. The number of nitrogens with zero attached hydrogens (tertiary/aromatic N) is 5. The number of carbonyl (C=O) groups is 1. The summed E-state index contributed by atoms with van der Waals surface area (Å²) in [5.41, 5.74) is 1.75. The topological polar surface area (TPSA) is 96.2 Å². The van der Waals surface area contributed by atoms with Crippen LogP contribution in [0, 0.1) is 0 Å². The lowest BCUT2D eigenvalue weighted by Crippen LogP contribution is -2.35. The van der Waals surface area contributed by atoms with E-state index in [-0.39, 0.29) is 0 Å². The van der Waals surface area contributed by atoms with Gasteiger partial charge in [0.2, 0.25) is 5.95 Å². The van der Waals surface area contributed by atoms with Gasteiger partial charge in [0.05, 0.1) is 18.4 Å². The highest BCUT2D eigenvalue weighted by Gasteiger charge is 2.21. The maximum absolute atomic E-state index is 11.0. The van der Waals surface area contributed by atoms with Crippen molar-refractivity contribution in [2.24, 2.45) is 7.05 Å². The monoisotopic (exact) mass is 274 g/mol. The highest BCUT2D eigenvalue weighted by atomic mass is 16.4. The normalized spacial score (nSPS) is 13.9. The number of fused-ring (bicyclic) bond motifs is 1. The van der Waals surface area contributed by atoms with Crippen molar-refractivity contribution < 1.29 is 9.90 Å². The first-order chi connectivity index (χ1) is 9.63. The Kier molecular flexibility index (Phi) is 2.97. The molecule has 0 bridgehead atoms. The quantitative estimate of drug-likeness (QED) is 0.847. The number of hydrogen-bond donors (Lipinski definition) is 2. The average molecular weight is 274 g/mol. The molecule has 3 rings (SSSR count). The lowest BCUT2D eigenvalue weighted by atomic mass is 10.1. The smallest absolute Gasteiger partial charge is 0.407 e. The van der Waals surface area contributed by atoms with Crippen LogP contribution in [0.15, 0.2) is 18.5 Å². The summed E-state index contributed by atoms with van der Waals surface area (Å²) >= 11 is 0. The molecule has 2 aromatic heterocycles. The van der Waals surface area contributed by atoms with E-state index in [4.69, 9.17) is 5.11 Å². The van der Waals surface area contributed by atoms with Crippen LogP contribution in [0.4, 0.5) is 16.6 Å². The van der Waals surface area contributed by atoms with E-state index in [2.05, 4.69) is 20.4 Å². The van der Waals surface area contributed by atoms with Gasteiger partial charge in [-0.05, 0) is 12.0 Å². The summed E-state index contributed by atoms with van der Waals surface area (Å²) in [6, 6.07) is 1.81. The molecule has 0 aliphatic carbocycles. The van der Waals surface area contributed by atoms with Gasteiger partial charge in [-0.2, -0.15) is 5.10 Å². The largest absolute Gasteiger partial charge is 0.465 e. The standard InChI is InChI=1S/C12H14N6O2/c1-17-10(2-4-14-17)16-11-13-6-8-3-5-18(12(19)20)7-9(8)15-11/h2,4,6H,3,5,7H2,1H3,(H,19,20)(H,13,15,16). The fourth-order valence-corrected chi connectivity index (χ4v) is 2.14. The number of anilines is 2. The minimum Gasteiger partial charge on any atom is -0.465 e. The number of amides is 1. The molecule has 104 valence electrons. The van der Waals surface area contributed by atoms with E-state index in [0.717, 1.165) is 17.1 Å². The van der Waals surface area contributed by atoms with Crippen LogP contribution in [0.5, 0.6) is 0 Å². The van der Waals surface area contributed by atoms with Crippen molar-refractivity contribution in [1.29, 1.82) is 0 Å². The molecule has 1 amide bonds. The van der Waals surface area contributed by atoms with E-state index in [9.17, 15) is 4.79 Å². The van der Waals surface area contributed by atoms with Crippen LogP contribution in [-0.2, 0) is 20.0 Å². The van der Waals surface area contributed by atoms with Crippen molar-refractivity contribution in [2.45, 2.75) is 13.0 Å². The van der Waals surface area contributed by atoms with Gasteiger partial charge in [-0.3, -0.25) is 4.68 Å².